The van der Waals surface area contributed by atoms with Crippen LogP contribution < -0.4 is 16.4 Å². The van der Waals surface area contributed by atoms with Crippen LogP contribution in [0.2, 0.25) is 5.02 Å². The molecule has 1 fully saturated rings. The molecule has 0 saturated carbocycles. The topological polar surface area (TPSA) is 76.3 Å². The normalized spacial score (nSPS) is 16.4. The first kappa shape index (κ1) is 19.8. The molecule has 1 amide bonds. The summed E-state index contributed by atoms with van der Waals surface area (Å²) in [6.45, 7) is 5.14. The van der Waals surface area contributed by atoms with Crippen molar-refractivity contribution in [1.82, 2.24) is 15.2 Å². The molecule has 0 bridgehead atoms. The van der Waals surface area contributed by atoms with E-state index in [1.807, 2.05) is 0 Å². The fourth-order valence-corrected chi connectivity index (χ4v) is 3.23. The zero-order valence-corrected chi connectivity index (χ0v) is 15.7. The van der Waals surface area contributed by atoms with Crippen molar-refractivity contribution in [3.05, 3.63) is 33.8 Å². The van der Waals surface area contributed by atoms with Crippen molar-refractivity contribution in [3.8, 4) is 0 Å². The van der Waals surface area contributed by atoms with Crippen LogP contribution in [0.4, 0.5) is 0 Å². The summed E-state index contributed by atoms with van der Waals surface area (Å²) >= 11 is 5.90. The lowest BCUT2D eigenvalue weighted by Crippen LogP contribution is -2.43. The molecular weight excluding hydrogens is 365 g/mol. The number of aromatic nitrogens is 1. The minimum absolute atomic E-state index is 0. The predicted molar refractivity (Wildman–Crippen MR) is 101 cm³/mol. The Bertz CT molecular complexity index is 794. The number of piperidine rings is 1. The van der Waals surface area contributed by atoms with Gasteiger partial charge in [-0.05, 0) is 43.5 Å². The van der Waals surface area contributed by atoms with E-state index in [1.165, 1.54) is 4.57 Å². The fraction of sp³-hybridized carbons (Fsp3) is 0.529. The number of amides is 1. The molecule has 0 unspecified atom stereocenters. The Balaban J connectivity index is 0.00000225. The van der Waals surface area contributed by atoms with Gasteiger partial charge in [0.15, 0.2) is 5.58 Å². The van der Waals surface area contributed by atoms with Crippen molar-refractivity contribution in [3.63, 3.8) is 0 Å². The molecular formula is C17H23Cl2N3O3. The molecule has 3 rings (SSSR count). The molecule has 0 spiro atoms. The van der Waals surface area contributed by atoms with E-state index in [4.69, 9.17) is 16.0 Å². The number of carbonyl (C=O) groups excluding carboxylic acids is 1. The van der Waals surface area contributed by atoms with Gasteiger partial charge in [-0.2, -0.15) is 0 Å². The fourth-order valence-electron chi connectivity index (χ4n) is 3.07. The molecule has 1 aliphatic heterocycles. The van der Waals surface area contributed by atoms with Crippen LogP contribution in [-0.2, 0) is 11.3 Å². The lowest BCUT2D eigenvalue weighted by molar-refractivity contribution is -0.121. The first-order valence-corrected chi connectivity index (χ1v) is 8.61. The third-order valence-electron chi connectivity index (χ3n) is 4.72. The van der Waals surface area contributed by atoms with Crippen LogP contribution in [0, 0.1) is 5.41 Å². The first-order valence-electron chi connectivity index (χ1n) is 8.23. The molecule has 2 aromatic rings. The van der Waals surface area contributed by atoms with Crippen LogP contribution >= 0.6 is 24.0 Å². The van der Waals surface area contributed by atoms with E-state index in [2.05, 4.69) is 17.6 Å². The van der Waals surface area contributed by atoms with Crippen molar-refractivity contribution in [2.24, 2.45) is 5.41 Å². The highest BCUT2D eigenvalue weighted by molar-refractivity contribution is 6.31. The summed E-state index contributed by atoms with van der Waals surface area (Å²) in [5.74, 6) is -0.518. The molecule has 1 aromatic carbocycles. The number of fused-ring (bicyclic) bond motifs is 1. The Kier molecular flexibility index (Phi) is 6.54. The minimum atomic E-state index is -0.467. The summed E-state index contributed by atoms with van der Waals surface area (Å²) in [7, 11) is 0. The van der Waals surface area contributed by atoms with E-state index in [9.17, 15) is 9.59 Å². The van der Waals surface area contributed by atoms with Crippen molar-refractivity contribution < 1.29 is 9.21 Å². The summed E-state index contributed by atoms with van der Waals surface area (Å²) in [6, 6.07) is 5.04. The quantitative estimate of drug-likeness (QED) is 0.826. The number of carbonyl (C=O) groups is 1. The number of benzene rings is 1. The van der Waals surface area contributed by atoms with Gasteiger partial charge in [0.05, 0.1) is 5.52 Å². The number of oxazole rings is 1. The third kappa shape index (κ3) is 4.77. The smallest absolute Gasteiger partial charge is 0.408 e. The summed E-state index contributed by atoms with van der Waals surface area (Å²) in [5.41, 5.74) is 1.24. The Labute approximate surface area is 157 Å². The van der Waals surface area contributed by atoms with Crippen LogP contribution in [0.3, 0.4) is 0 Å². The van der Waals surface area contributed by atoms with E-state index in [1.54, 1.807) is 18.2 Å². The van der Waals surface area contributed by atoms with Gasteiger partial charge in [0, 0.05) is 30.6 Å². The van der Waals surface area contributed by atoms with E-state index >= 15 is 0 Å². The highest BCUT2D eigenvalue weighted by Crippen LogP contribution is 2.26. The SMILES string of the molecule is CC1(CNC(=O)CCn2c(=O)oc3cc(Cl)ccc32)CCNCC1.Cl. The van der Waals surface area contributed by atoms with Gasteiger partial charge in [-0.1, -0.05) is 18.5 Å². The highest BCUT2D eigenvalue weighted by atomic mass is 35.5. The van der Waals surface area contributed by atoms with Gasteiger partial charge < -0.3 is 15.1 Å². The second-order valence-electron chi connectivity index (χ2n) is 6.72. The monoisotopic (exact) mass is 387 g/mol. The minimum Gasteiger partial charge on any atom is -0.408 e. The number of nitrogens with one attached hydrogen (secondary N) is 2. The number of aryl methyl sites for hydroxylation is 1. The third-order valence-corrected chi connectivity index (χ3v) is 4.95. The van der Waals surface area contributed by atoms with Gasteiger partial charge in [0.1, 0.15) is 0 Å². The summed E-state index contributed by atoms with van der Waals surface area (Å²) in [4.78, 5) is 24.1. The molecule has 0 atom stereocenters. The maximum Gasteiger partial charge on any atom is 0.419 e. The van der Waals surface area contributed by atoms with Crippen LogP contribution in [0.5, 0.6) is 0 Å². The Morgan fingerprint density at radius 1 is 1.40 bits per heavy atom. The Hall–Kier alpha value is -1.50. The van der Waals surface area contributed by atoms with E-state index < -0.39 is 5.76 Å². The number of hydrogen-bond donors (Lipinski definition) is 2. The summed E-state index contributed by atoms with van der Waals surface area (Å²) in [5, 5.41) is 6.84. The van der Waals surface area contributed by atoms with Crippen LogP contribution in [-0.4, -0.2) is 30.1 Å². The Morgan fingerprint density at radius 3 is 2.84 bits per heavy atom. The van der Waals surface area contributed by atoms with Crippen molar-refractivity contribution >= 4 is 41.0 Å². The van der Waals surface area contributed by atoms with Crippen molar-refractivity contribution in [2.75, 3.05) is 19.6 Å². The maximum absolute atomic E-state index is 12.1. The highest BCUT2D eigenvalue weighted by Gasteiger charge is 2.26. The van der Waals surface area contributed by atoms with Gasteiger partial charge in [-0.15, -0.1) is 12.4 Å². The van der Waals surface area contributed by atoms with Crippen molar-refractivity contribution in [2.45, 2.75) is 32.7 Å². The number of hydrogen-bond acceptors (Lipinski definition) is 4. The zero-order valence-electron chi connectivity index (χ0n) is 14.1. The molecule has 1 saturated heterocycles. The zero-order chi connectivity index (χ0) is 17.2. The average molecular weight is 388 g/mol. The maximum atomic E-state index is 12.1. The van der Waals surface area contributed by atoms with Crippen LogP contribution in [0.15, 0.2) is 27.4 Å². The van der Waals surface area contributed by atoms with E-state index in [0.29, 0.717) is 22.7 Å². The second-order valence-corrected chi connectivity index (χ2v) is 7.16. The number of halogens is 2. The Morgan fingerprint density at radius 2 is 2.12 bits per heavy atom. The van der Waals surface area contributed by atoms with Gasteiger partial charge in [-0.25, -0.2) is 4.79 Å². The molecule has 1 aliphatic rings. The van der Waals surface area contributed by atoms with Gasteiger partial charge in [0.2, 0.25) is 5.91 Å². The average Bonchev–Trinajstić information content (AvgIpc) is 2.86. The first-order chi connectivity index (χ1) is 11.5. The van der Waals surface area contributed by atoms with Crippen LogP contribution in [0.25, 0.3) is 11.1 Å². The van der Waals surface area contributed by atoms with Crippen molar-refractivity contribution in [1.29, 1.82) is 0 Å². The molecule has 2 heterocycles. The number of rotatable bonds is 5. The molecule has 8 heteroatoms. The van der Waals surface area contributed by atoms with E-state index in [0.717, 1.165) is 25.9 Å². The summed E-state index contributed by atoms with van der Waals surface area (Å²) in [6.07, 6.45) is 2.35. The van der Waals surface area contributed by atoms with E-state index in [-0.39, 0.29) is 36.7 Å². The largest absolute Gasteiger partial charge is 0.419 e. The molecule has 6 nitrogen and oxygen atoms in total. The standard InChI is InChI=1S/C17H22ClN3O3.ClH/c1-17(5-7-19-8-6-17)11-20-15(22)4-9-21-13-3-2-12(18)10-14(13)24-16(21)23;/h2-3,10,19H,4-9,11H2,1H3,(H,20,22);1H. The second kappa shape index (κ2) is 8.25. The number of nitrogens with zero attached hydrogens (tertiary/aromatic N) is 1. The lowest BCUT2D eigenvalue weighted by atomic mass is 9.81. The molecule has 2 N–H and O–H groups in total. The molecule has 1 aromatic heterocycles. The lowest BCUT2D eigenvalue weighted by Gasteiger charge is -2.34. The predicted octanol–water partition coefficient (Wildman–Crippen LogP) is 2.57. The van der Waals surface area contributed by atoms with Gasteiger partial charge in [-0.3, -0.25) is 9.36 Å². The molecule has 138 valence electrons. The van der Waals surface area contributed by atoms with Crippen LogP contribution in [0.1, 0.15) is 26.2 Å². The van der Waals surface area contributed by atoms with Gasteiger partial charge in [0.25, 0.3) is 0 Å². The molecule has 25 heavy (non-hydrogen) atoms. The summed E-state index contributed by atoms with van der Waals surface area (Å²) < 4.78 is 6.64. The van der Waals surface area contributed by atoms with Gasteiger partial charge >= 0.3 is 5.76 Å². The molecule has 0 radical (unpaired) electrons. The molecule has 0 aliphatic carbocycles.